The molecule has 1 heterocycles. The molecule has 0 saturated heterocycles. The minimum Gasteiger partial charge on any atom is -0.389 e. The van der Waals surface area contributed by atoms with Crippen molar-refractivity contribution < 1.29 is 5.11 Å². The Bertz CT molecular complexity index is 344. The van der Waals surface area contributed by atoms with Gasteiger partial charge in [-0.05, 0) is 45.2 Å². The summed E-state index contributed by atoms with van der Waals surface area (Å²) in [5, 5.41) is 13.6. The first-order chi connectivity index (χ1) is 7.80. The van der Waals surface area contributed by atoms with E-state index >= 15 is 0 Å². The third-order valence-electron chi connectivity index (χ3n) is 2.83. The first-order valence-corrected chi connectivity index (χ1v) is 7.14. The number of aryl methyl sites for hydroxylation is 1. The molecule has 0 fully saturated rings. The van der Waals surface area contributed by atoms with Crippen LogP contribution < -0.4 is 5.32 Å². The van der Waals surface area contributed by atoms with E-state index in [1.165, 1.54) is 9.75 Å². The van der Waals surface area contributed by atoms with Gasteiger partial charge in [0.25, 0.3) is 0 Å². The van der Waals surface area contributed by atoms with Gasteiger partial charge in [-0.2, -0.15) is 0 Å². The van der Waals surface area contributed by atoms with Crippen LogP contribution in [0.5, 0.6) is 0 Å². The molecule has 0 aliphatic carbocycles. The molecule has 98 valence electrons. The van der Waals surface area contributed by atoms with E-state index in [1.54, 1.807) is 0 Å². The SMILES string of the molecule is Cc1ccc(C(C)NCC(C)(O)CC(C)C)s1. The zero-order chi connectivity index (χ0) is 13.1. The molecule has 2 atom stereocenters. The number of thiophene rings is 1. The number of hydrogen-bond acceptors (Lipinski definition) is 3. The van der Waals surface area contributed by atoms with Crippen LogP contribution in [0.4, 0.5) is 0 Å². The molecule has 1 rings (SSSR count). The van der Waals surface area contributed by atoms with Crippen molar-refractivity contribution in [2.45, 2.75) is 52.7 Å². The first kappa shape index (κ1) is 14.7. The molecule has 17 heavy (non-hydrogen) atoms. The molecule has 0 aromatic carbocycles. The second-order valence-corrected chi connectivity index (χ2v) is 6.97. The Kier molecular flexibility index (Phi) is 5.17. The molecule has 1 aromatic rings. The fraction of sp³-hybridized carbons (Fsp3) is 0.714. The van der Waals surface area contributed by atoms with Gasteiger partial charge in [-0.1, -0.05) is 13.8 Å². The van der Waals surface area contributed by atoms with E-state index in [-0.39, 0.29) is 0 Å². The van der Waals surface area contributed by atoms with Crippen LogP contribution in [-0.2, 0) is 0 Å². The highest BCUT2D eigenvalue weighted by molar-refractivity contribution is 7.12. The van der Waals surface area contributed by atoms with Crippen molar-refractivity contribution in [3.8, 4) is 0 Å². The predicted molar refractivity (Wildman–Crippen MR) is 75.6 cm³/mol. The quantitative estimate of drug-likeness (QED) is 0.815. The van der Waals surface area contributed by atoms with Gasteiger partial charge in [0.05, 0.1) is 5.60 Å². The van der Waals surface area contributed by atoms with Crippen LogP contribution in [0.25, 0.3) is 0 Å². The third kappa shape index (κ3) is 5.19. The number of aliphatic hydroxyl groups is 1. The van der Waals surface area contributed by atoms with Crippen molar-refractivity contribution in [1.82, 2.24) is 5.32 Å². The van der Waals surface area contributed by atoms with Crippen LogP contribution in [0.1, 0.15) is 49.9 Å². The van der Waals surface area contributed by atoms with E-state index < -0.39 is 5.60 Å². The summed E-state index contributed by atoms with van der Waals surface area (Å²) in [5.74, 6) is 0.520. The van der Waals surface area contributed by atoms with Crippen LogP contribution >= 0.6 is 11.3 Å². The standard InChI is InChI=1S/C14H25NOS/c1-10(2)8-14(5,16)9-15-12(4)13-7-6-11(3)17-13/h6-7,10,12,15-16H,8-9H2,1-5H3. The molecule has 0 bridgehead atoms. The minimum atomic E-state index is -0.616. The normalized spacial score (nSPS) is 17.1. The molecule has 0 saturated carbocycles. The first-order valence-electron chi connectivity index (χ1n) is 6.32. The van der Waals surface area contributed by atoms with Crippen molar-refractivity contribution in [2.24, 2.45) is 5.92 Å². The van der Waals surface area contributed by atoms with Crippen molar-refractivity contribution in [3.05, 3.63) is 21.9 Å². The van der Waals surface area contributed by atoms with E-state index in [4.69, 9.17) is 0 Å². The highest BCUT2D eigenvalue weighted by Gasteiger charge is 2.22. The van der Waals surface area contributed by atoms with Gasteiger partial charge < -0.3 is 10.4 Å². The van der Waals surface area contributed by atoms with E-state index in [0.717, 1.165) is 6.42 Å². The summed E-state index contributed by atoms with van der Waals surface area (Å²) in [6.07, 6.45) is 0.830. The molecular weight excluding hydrogens is 230 g/mol. The minimum absolute atomic E-state index is 0.312. The monoisotopic (exact) mass is 255 g/mol. The lowest BCUT2D eigenvalue weighted by Gasteiger charge is -2.27. The maximum Gasteiger partial charge on any atom is 0.0746 e. The van der Waals surface area contributed by atoms with Gasteiger partial charge in [0, 0.05) is 22.3 Å². The van der Waals surface area contributed by atoms with E-state index in [2.05, 4.69) is 45.1 Å². The van der Waals surface area contributed by atoms with Gasteiger partial charge >= 0.3 is 0 Å². The molecule has 2 unspecified atom stereocenters. The fourth-order valence-electron chi connectivity index (χ4n) is 2.11. The Morgan fingerprint density at radius 2 is 2.00 bits per heavy atom. The lowest BCUT2D eigenvalue weighted by atomic mass is 9.94. The van der Waals surface area contributed by atoms with Crippen LogP contribution in [0.3, 0.4) is 0 Å². The topological polar surface area (TPSA) is 32.3 Å². The van der Waals surface area contributed by atoms with Gasteiger partial charge in [-0.25, -0.2) is 0 Å². The summed E-state index contributed by atoms with van der Waals surface area (Å²) < 4.78 is 0. The van der Waals surface area contributed by atoms with Crippen molar-refractivity contribution in [2.75, 3.05) is 6.54 Å². The molecule has 0 aliphatic heterocycles. The Balaban J connectivity index is 2.45. The largest absolute Gasteiger partial charge is 0.389 e. The van der Waals surface area contributed by atoms with E-state index in [0.29, 0.717) is 18.5 Å². The second kappa shape index (κ2) is 5.98. The molecule has 2 nitrogen and oxygen atoms in total. The molecular formula is C14H25NOS. The maximum absolute atomic E-state index is 10.2. The van der Waals surface area contributed by atoms with Gasteiger partial charge in [0.1, 0.15) is 0 Å². The molecule has 2 N–H and O–H groups in total. The summed E-state index contributed by atoms with van der Waals surface area (Å²) in [5.41, 5.74) is -0.616. The van der Waals surface area contributed by atoms with Crippen molar-refractivity contribution in [3.63, 3.8) is 0 Å². The van der Waals surface area contributed by atoms with Gasteiger partial charge in [0.2, 0.25) is 0 Å². The molecule has 0 amide bonds. The summed E-state index contributed by atoms with van der Waals surface area (Å²) in [6.45, 7) is 11.1. The van der Waals surface area contributed by atoms with Crippen LogP contribution in [-0.4, -0.2) is 17.3 Å². The molecule has 0 spiro atoms. The average molecular weight is 255 g/mol. The van der Waals surface area contributed by atoms with Crippen molar-refractivity contribution >= 4 is 11.3 Å². The average Bonchev–Trinajstić information content (AvgIpc) is 2.59. The zero-order valence-corrected chi connectivity index (χ0v) is 12.4. The molecule has 1 aromatic heterocycles. The molecule has 0 radical (unpaired) electrons. The van der Waals surface area contributed by atoms with E-state index in [1.807, 2.05) is 18.3 Å². The second-order valence-electron chi connectivity index (χ2n) is 5.65. The van der Waals surface area contributed by atoms with Gasteiger partial charge in [0.15, 0.2) is 0 Å². The predicted octanol–water partition coefficient (Wildman–Crippen LogP) is 3.50. The highest BCUT2D eigenvalue weighted by Crippen LogP contribution is 2.23. The van der Waals surface area contributed by atoms with Crippen LogP contribution in [0, 0.1) is 12.8 Å². The summed E-state index contributed by atoms with van der Waals surface area (Å²) in [6, 6.07) is 4.62. The molecule has 3 heteroatoms. The van der Waals surface area contributed by atoms with Crippen LogP contribution in [0.15, 0.2) is 12.1 Å². The van der Waals surface area contributed by atoms with Crippen LogP contribution in [0.2, 0.25) is 0 Å². The lowest BCUT2D eigenvalue weighted by molar-refractivity contribution is 0.0364. The van der Waals surface area contributed by atoms with Gasteiger partial charge in [-0.15, -0.1) is 11.3 Å². The lowest BCUT2D eigenvalue weighted by Crippen LogP contribution is -2.39. The Morgan fingerprint density at radius 1 is 1.35 bits per heavy atom. The third-order valence-corrected chi connectivity index (χ3v) is 4.01. The Hall–Kier alpha value is -0.380. The zero-order valence-electron chi connectivity index (χ0n) is 11.6. The Morgan fingerprint density at radius 3 is 2.47 bits per heavy atom. The maximum atomic E-state index is 10.2. The van der Waals surface area contributed by atoms with Crippen molar-refractivity contribution in [1.29, 1.82) is 0 Å². The number of rotatable bonds is 6. The Labute approximate surface area is 109 Å². The highest BCUT2D eigenvalue weighted by atomic mass is 32.1. The smallest absolute Gasteiger partial charge is 0.0746 e. The fourth-order valence-corrected chi connectivity index (χ4v) is 3.02. The van der Waals surface area contributed by atoms with E-state index in [9.17, 15) is 5.11 Å². The summed E-state index contributed by atoms with van der Waals surface area (Å²) in [7, 11) is 0. The number of nitrogens with one attached hydrogen (secondary N) is 1. The summed E-state index contributed by atoms with van der Waals surface area (Å²) >= 11 is 1.82. The summed E-state index contributed by atoms with van der Waals surface area (Å²) in [4.78, 5) is 2.67. The molecule has 0 aliphatic rings. The number of hydrogen-bond donors (Lipinski definition) is 2. The van der Waals surface area contributed by atoms with Gasteiger partial charge in [-0.3, -0.25) is 0 Å².